The maximum atomic E-state index is 12.6. The summed E-state index contributed by atoms with van der Waals surface area (Å²) in [6.45, 7) is 0. The van der Waals surface area contributed by atoms with E-state index >= 15 is 0 Å². The van der Waals surface area contributed by atoms with E-state index in [2.05, 4.69) is 0 Å². The molecule has 0 radical (unpaired) electrons. The third-order valence-electron chi connectivity index (χ3n) is 1.51. The van der Waals surface area contributed by atoms with E-state index in [-0.39, 0.29) is 22.8 Å². The van der Waals surface area contributed by atoms with Gasteiger partial charge in [-0.2, -0.15) is 0 Å². The summed E-state index contributed by atoms with van der Waals surface area (Å²) < 4.78 is 17.7. The normalized spacial score (nSPS) is 9.00. The zero-order chi connectivity index (χ0) is 8.27. The van der Waals surface area contributed by atoms with Gasteiger partial charge in [-0.15, -0.1) is 0 Å². The van der Waals surface area contributed by atoms with Crippen LogP contribution in [0.3, 0.4) is 0 Å². The van der Waals surface area contributed by atoms with Crippen molar-refractivity contribution in [1.82, 2.24) is 0 Å². The molecule has 0 N–H and O–H groups in total. The first-order chi connectivity index (χ1) is 5.27. The van der Waals surface area contributed by atoms with Crippen molar-refractivity contribution in [3.63, 3.8) is 0 Å². The van der Waals surface area contributed by atoms with Crippen molar-refractivity contribution in [2.75, 3.05) is 7.11 Å². The van der Waals surface area contributed by atoms with Gasteiger partial charge in [-0.3, -0.25) is 0 Å². The van der Waals surface area contributed by atoms with Gasteiger partial charge in [-0.05, 0) is 0 Å². The van der Waals surface area contributed by atoms with Gasteiger partial charge in [0.15, 0.2) is 0 Å². The van der Waals surface area contributed by atoms with Gasteiger partial charge in [0.05, 0.1) is 0 Å². The molecular formula is C8H8BrFOZn. The molecule has 0 saturated heterocycles. The van der Waals surface area contributed by atoms with Crippen LogP contribution in [0.25, 0.3) is 0 Å². The minimum Gasteiger partial charge on any atom is -1.00 e. The quantitative estimate of drug-likeness (QED) is 0.626. The summed E-state index contributed by atoms with van der Waals surface area (Å²) in [4.78, 5) is 0. The van der Waals surface area contributed by atoms with E-state index in [1.807, 2.05) is 0 Å². The minimum atomic E-state index is -0.186. The van der Waals surface area contributed by atoms with Crippen LogP contribution in [0.1, 0.15) is 5.56 Å². The van der Waals surface area contributed by atoms with E-state index < -0.39 is 0 Å². The van der Waals surface area contributed by atoms with Crippen molar-refractivity contribution in [1.29, 1.82) is 0 Å². The van der Waals surface area contributed by atoms with Crippen LogP contribution in [0.15, 0.2) is 18.2 Å². The minimum absolute atomic E-state index is 0. The molecule has 4 heteroatoms. The Morgan fingerprint density at radius 2 is 2.17 bits per heavy atom. The third-order valence-corrected chi connectivity index (χ3v) is 2.64. The van der Waals surface area contributed by atoms with E-state index in [0.29, 0.717) is 0 Å². The molecule has 0 unspecified atom stereocenters. The second-order valence-corrected chi connectivity index (χ2v) is 3.26. The molecule has 12 heavy (non-hydrogen) atoms. The number of halogens is 2. The van der Waals surface area contributed by atoms with Crippen molar-refractivity contribution >= 4 is 0 Å². The van der Waals surface area contributed by atoms with Crippen LogP contribution < -0.4 is 21.7 Å². The van der Waals surface area contributed by atoms with E-state index in [4.69, 9.17) is 4.74 Å². The molecule has 0 spiro atoms. The largest absolute Gasteiger partial charge is 1.00 e. The summed E-state index contributed by atoms with van der Waals surface area (Å²) in [5.41, 5.74) is 0.965. The Hall–Kier alpha value is 0.0534. The summed E-state index contributed by atoms with van der Waals surface area (Å²) in [7, 11) is 1.60. The number of hydrogen-bond acceptors (Lipinski definition) is 1. The third kappa shape index (κ3) is 2.83. The molecule has 0 saturated carbocycles. The molecule has 0 atom stereocenters. The summed E-state index contributed by atoms with van der Waals surface area (Å²) in [5.74, 6) is 0.604. The number of benzene rings is 1. The first-order valence-electron chi connectivity index (χ1n) is 3.39. The van der Waals surface area contributed by atoms with E-state index in [1.54, 1.807) is 13.2 Å². The Morgan fingerprint density at radius 3 is 2.67 bits per heavy atom. The number of rotatable bonds is 2. The zero-order valence-corrected chi connectivity index (χ0v) is 11.4. The molecule has 62 valence electrons. The summed E-state index contributed by atoms with van der Waals surface area (Å²) in [6, 6.07) is 4.61. The van der Waals surface area contributed by atoms with Crippen LogP contribution in [-0.4, -0.2) is 7.11 Å². The van der Waals surface area contributed by atoms with E-state index in [0.717, 1.165) is 34.6 Å². The van der Waals surface area contributed by atoms with Crippen LogP contribution in [0.5, 0.6) is 5.75 Å². The van der Waals surface area contributed by atoms with E-state index in [1.165, 1.54) is 12.1 Å². The Kier molecular flexibility index (Phi) is 5.68. The smallest absolute Gasteiger partial charge is 1.00 e. The van der Waals surface area contributed by atoms with Crippen molar-refractivity contribution in [3.05, 3.63) is 29.6 Å². The van der Waals surface area contributed by atoms with Gasteiger partial charge < -0.3 is 17.0 Å². The molecule has 0 amide bonds. The molecular weight excluding hydrogens is 276 g/mol. The topological polar surface area (TPSA) is 9.23 Å². The van der Waals surface area contributed by atoms with Gasteiger partial charge in [0.2, 0.25) is 0 Å². The Morgan fingerprint density at radius 1 is 1.50 bits per heavy atom. The predicted octanol–water partition coefficient (Wildman–Crippen LogP) is -1.11. The number of methoxy groups -OCH3 is 1. The maximum Gasteiger partial charge on any atom is -1.00 e. The van der Waals surface area contributed by atoms with Gasteiger partial charge in [-0.1, -0.05) is 0 Å². The standard InChI is InChI=1S/C8H8FO.BrH.Zn/c1-6-5-7(9)3-4-8(6)10-2;;/h3-5H,1H2,2H3;1H;/q;;+1/p-1. The first-order valence-corrected chi connectivity index (χ1v) is 5.49. The van der Waals surface area contributed by atoms with Crippen LogP contribution >= 0.6 is 0 Å². The fourth-order valence-corrected chi connectivity index (χ4v) is 1.76. The Labute approximate surface area is 91.8 Å². The molecule has 0 fully saturated rings. The predicted molar refractivity (Wildman–Crippen MR) is 36.7 cm³/mol. The maximum absolute atomic E-state index is 12.6. The van der Waals surface area contributed by atoms with Crippen molar-refractivity contribution in [2.24, 2.45) is 0 Å². The second kappa shape index (κ2) is 5.66. The SMILES string of the molecule is COc1ccc(F)cc1[CH2][Zn+].[Br-]. The van der Waals surface area contributed by atoms with Gasteiger partial charge in [0.1, 0.15) is 0 Å². The van der Waals surface area contributed by atoms with Crippen molar-refractivity contribution in [3.8, 4) is 5.75 Å². The van der Waals surface area contributed by atoms with E-state index in [9.17, 15) is 4.39 Å². The van der Waals surface area contributed by atoms with Crippen LogP contribution in [-0.2, 0) is 23.3 Å². The van der Waals surface area contributed by atoms with Crippen LogP contribution in [0, 0.1) is 5.82 Å². The van der Waals surface area contributed by atoms with Crippen molar-refractivity contribution in [2.45, 2.75) is 5.02 Å². The number of hydrogen-bond donors (Lipinski definition) is 0. The molecule has 0 aliphatic rings. The fourth-order valence-electron chi connectivity index (χ4n) is 0.943. The van der Waals surface area contributed by atoms with Gasteiger partial charge >= 0.3 is 74.9 Å². The molecule has 1 rings (SSSR count). The first kappa shape index (κ1) is 12.1. The number of ether oxygens (including phenoxy) is 1. The molecule has 1 aromatic carbocycles. The van der Waals surface area contributed by atoms with Gasteiger partial charge in [0, 0.05) is 0 Å². The zero-order valence-electron chi connectivity index (χ0n) is 6.81. The molecule has 0 aliphatic heterocycles. The van der Waals surface area contributed by atoms with Gasteiger partial charge in [0.25, 0.3) is 0 Å². The molecule has 0 bridgehead atoms. The summed E-state index contributed by atoms with van der Waals surface area (Å²) in [5, 5.41) is 0.918. The molecule has 0 heterocycles. The monoisotopic (exact) mass is 282 g/mol. The fraction of sp³-hybridized carbons (Fsp3) is 0.250. The van der Waals surface area contributed by atoms with Crippen LogP contribution in [0.2, 0.25) is 0 Å². The average molecular weight is 284 g/mol. The molecule has 0 aliphatic carbocycles. The Balaban J connectivity index is 0.00000121. The summed E-state index contributed by atoms with van der Waals surface area (Å²) >= 11 is 1.12. The van der Waals surface area contributed by atoms with Crippen molar-refractivity contribution < 1.29 is 44.4 Å². The molecule has 1 aromatic rings. The van der Waals surface area contributed by atoms with Crippen LogP contribution in [0.4, 0.5) is 4.39 Å². The second-order valence-electron chi connectivity index (χ2n) is 2.21. The molecule has 1 nitrogen and oxygen atoms in total. The average Bonchev–Trinajstić information content (AvgIpc) is 2.04. The Bertz CT molecular complexity index is 255. The molecule has 0 aromatic heterocycles. The summed E-state index contributed by atoms with van der Waals surface area (Å²) in [6.07, 6.45) is 0. The van der Waals surface area contributed by atoms with Gasteiger partial charge in [-0.25, -0.2) is 0 Å².